The summed E-state index contributed by atoms with van der Waals surface area (Å²) in [6.45, 7) is 0. The van der Waals surface area contributed by atoms with Crippen LogP contribution in [0.4, 0.5) is 5.69 Å². The molecular formula is C8H4Cl2N2O2. The van der Waals surface area contributed by atoms with Gasteiger partial charge in [-0.1, -0.05) is 23.2 Å². The molecule has 0 spiro atoms. The molecule has 0 N–H and O–H groups in total. The first-order valence-electron chi connectivity index (χ1n) is 3.55. The maximum atomic E-state index is 10.6. The lowest BCUT2D eigenvalue weighted by Crippen LogP contribution is -1.95. The molecule has 1 rings (SSSR count). The summed E-state index contributed by atoms with van der Waals surface area (Å²) in [6.07, 6.45) is -0.0623. The Morgan fingerprint density at radius 3 is 2.50 bits per heavy atom. The van der Waals surface area contributed by atoms with E-state index in [2.05, 4.69) is 0 Å². The molecule has 0 aliphatic carbocycles. The summed E-state index contributed by atoms with van der Waals surface area (Å²) in [7, 11) is 0. The third-order valence-corrected chi connectivity index (χ3v) is 2.31. The number of nitrogens with zero attached hydrogens (tertiary/aromatic N) is 2. The van der Waals surface area contributed by atoms with Crippen LogP contribution in [-0.2, 0) is 6.42 Å². The van der Waals surface area contributed by atoms with E-state index in [0.29, 0.717) is 0 Å². The lowest BCUT2D eigenvalue weighted by atomic mass is 10.1. The van der Waals surface area contributed by atoms with Crippen molar-refractivity contribution in [2.75, 3.05) is 0 Å². The molecular weight excluding hydrogens is 227 g/mol. The van der Waals surface area contributed by atoms with Crippen molar-refractivity contribution in [3.05, 3.63) is 37.9 Å². The minimum absolute atomic E-state index is 0.0623. The molecule has 1 aromatic carbocycles. The fourth-order valence-corrected chi connectivity index (χ4v) is 1.32. The first kappa shape index (κ1) is 10.8. The van der Waals surface area contributed by atoms with Gasteiger partial charge in [-0.2, -0.15) is 5.26 Å². The maximum Gasteiger partial charge on any atom is 0.275 e. The van der Waals surface area contributed by atoms with E-state index < -0.39 is 4.92 Å². The van der Waals surface area contributed by atoms with E-state index in [4.69, 9.17) is 28.5 Å². The lowest BCUT2D eigenvalue weighted by molar-refractivity contribution is -0.385. The van der Waals surface area contributed by atoms with Gasteiger partial charge in [0.05, 0.1) is 27.5 Å². The topological polar surface area (TPSA) is 66.9 Å². The van der Waals surface area contributed by atoms with Crippen LogP contribution in [0.25, 0.3) is 0 Å². The van der Waals surface area contributed by atoms with Crippen molar-refractivity contribution in [3.8, 4) is 6.07 Å². The molecule has 14 heavy (non-hydrogen) atoms. The van der Waals surface area contributed by atoms with Crippen LogP contribution < -0.4 is 0 Å². The standard InChI is InChI=1S/C8H4Cl2N2O2/c9-6-3-5(1-2-11)8(12(13)14)4-7(6)10/h3-4H,1H2. The molecule has 0 atom stereocenters. The summed E-state index contributed by atoms with van der Waals surface area (Å²) in [5.41, 5.74) is 0.0906. The molecule has 6 heteroatoms. The number of nitriles is 1. The summed E-state index contributed by atoms with van der Waals surface area (Å²) in [4.78, 5) is 9.97. The second-order valence-electron chi connectivity index (χ2n) is 2.49. The van der Waals surface area contributed by atoms with Crippen LogP contribution in [0, 0.1) is 21.4 Å². The third kappa shape index (κ3) is 2.13. The molecule has 72 valence electrons. The van der Waals surface area contributed by atoms with Crippen LogP contribution in [-0.4, -0.2) is 4.92 Å². The second-order valence-corrected chi connectivity index (χ2v) is 3.30. The van der Waals surface area contributed by atoms with E-state index in [1.165, 1.54) is 6.07 Å². The summed E-state index contributed by atoms with van der Waals surface area (Å²) >= 11 is 11.3. The van der Waals surface area contributed by atoms with Crippen LogP contribution in [0.15, 0.2) is 12.1 Å². The number of nitro benzene ring substituents is 1. The fourth-order valence-electron chi connectivity index (χ4n) is 0.974. The van der Waals surface area contributed by atoms with Gasteiger partial charge in [0, 0.05) is 11.6 Å². The molecule has 0 saturated heterocycles. The molecule has 0 radical (unpaired) electrons. The van der Waals surface area contributed by atoms with Crippen molar-refractivity contribution >= 4 is 28.9 Å². The molecule has 0 aliphatic heterocycles. The molecule has 0 fully saturated rings. The molecule has 0 heterocycles. The van der Waals surface area contributed by atoms with Crippen LogP contribution in [0.2, 0.25) is 10.0 Å². The zero-order valence-corrected chi connectivity index (χ0v) is 8.34. The van der Waals surface area contributed by atoms with Gasteiger partial charge in [0.15, 0.2) is 0 Å². The van der Waals surface area contributed by atoms with Crippen molar-refractivity contribution in [1.82, 2.24) is 0 Å². The predicted octanol–water partition coefficient (Wildman–Crippen LogP) is 2.97. The number of nitro groups is 1. The first-order valence-corrected chi connectivity index (χ1v) is 4.31. The van der Waals surface area contributed by atoms with E-state index in [-0.39, 0.29) is 27.7 Å². The van der Waals surface area contributed by atoms with Gasteiger partial charge in [-0.05, 0) is 6.07 Å². The molecule has 1 aromatic rings. The number of rotatable bonds is 2. The Hall–Kier alpha value is -1.31. The summed E-state index contributed by atoms with van der Waals surface area (Å²) in [6, 6.07) is 4.31. The Morgan fingerprint density at radius 1 is 1.43 bits per heavy atom. The van der Waals surface area contributed by atoms with Gasteiger partial charge >= 0.3 is 0 Å². The summed E-state index contributed by atoms with van der Waals surface area (Å²) < 4.78 is 0. The highest BCUT2D eigenvalue weighted by Gasteiger charge is 2.16. The molecule has 0 amide bonds. The minimum atomic E-state index is -0.588. The van der Waals surface area contributed by atoms with Gasteiger partial charge in [-0.15, -0.1) is 0 Å². The van der Waals surface area contributed by atoms with Crippen LogP contribution in [0.5, 0.6) is 0 Å². The van der Waals surface area contributed by atoms with E-state index in [0.717, 1.165) is 6.07 Å². The quantitative estimate of drug-likeness (QED) is 0.580. The van der Waals surface area contributed by atoms with Crippen molar-refractivity contribution < 1.29 is 4.92 Å². The zero-order valence-electron chi connectivity index (χ0n) is 6.83. The Labute approximate surface area is 89.8 Å². The van der Waals surface area contributed by atoms with Crippen LogP contribution in [0.1, 0.15) is 5.56 Å². The monoisotopic (exact) mass is 230 g/mol. The Kier molecular flexibility index (Phi) is 3.28. The summed E-state index contributed by atoms with van der Waals surface area (Å²) in [5.74, 6) is 0. The van der Waals surface area contributed by atoms with Gasteiger partial charge in [0.1, 0.15) is 0 Å². The average molecular weight is 231 g/mol. The number of benzene rings is 1. The van der Waals surface area contributed by atoms with Gasteiger partial charge in [-0.3, -0.25) is 10.1 Å². The van der Waals surface area contributed by atoms with Gasteiger partial charge in [0.25, 0.3) is 5.69 Å². The molecule has 0 aromatic heterocycles. The van der Waals surface area contributed by atoms with Gasteiger partial charge in [-0.25, -0.2) is 0 Å². The maximum absolute atomic E-state index is 10.6. The highest BCUT2D eigenvalue weighted by atomic mass is 35.5. The van der Waals surface area contributed by atoms with Crippen molar-refractivity contribution in [2.45, 2.75) is 6.42 Å². The molecule has 0 unspecified atom stereocenters. The highest BCUT2D eigenvalue weighted by molar-refractivity contribution is 6.42. The van der Waals surface area contributed by atoms with E-state index in [1.54, 1.807) is 0 Å². The number of hydrogen-bond acceptors (Lipinski definition) is 3. The van der Waals surface area contributed by atoms with E-state index in [1.807, 2.05) is 6.07 Å². The van der Waals surface area contributed by atoms with Crippen LogP contribution in [0.3, 0.4) is 0 Å². The minimum Gasteiger partial charge on any atom is -0.258 e. The molecule has 0 aliphatic rings. The fraction of sp³-hybridized carbons (Fsp3) is 0.125. The average Bonchev–Trinajstić information content (AvgIpc) is 2.11. The number of halogens is 2. The second kappa shape index (κ2) is 4.27. The van der Waals surface area contributed by atoms with E-state index >= 15 is 0 Å². The highest BCUT2D eigenvalue weighted by Crippen LogP contribution is 2.30. The normalized spacial score (nSPS) is 9.50. The number of hydrogen-bond donors (Lipinski definition) is 0. The van der Waals surface area contributed by atoms with Gasteiger partial charge < -0.3 is 0 Å². The Bertz CT molecular complexity index is 426. The van der Waals surface area contributed by atoms with Gasteiger partial charge in [0.2, 0.25) is 0 Å². The first-order chi connectivity index (χ1) is 6.56. The molecule has 0 bridgehead atoms. The Morgan fingerprint density at radius 2 is 2.00 bits per heavy atom. The van der Waals surface area contributed by atoms with Crippen molar-refractivity contribution in [3.63, 3.8) is 0 Å². The predicted molar refractivity (Wildman–Crippen MR) is 52.4 cm³/mol. The lowest BCUT2D eigenvalue weighted by Gasteiger charge is -2.00. The van der Waals surface area contributed by atoms with Crippen molar-refractivity contribution in [1.29, 1.82) is 5.26 Å². The van der Waals surface area contributed by atoms with E-state index in [9.17, 15) is 10.1 Å². The SMILES string of the molecule is N#CCc1cc(Cl)c(Cl)cc1[N+](=O)[O-]. The Balaban J connectivity index is 3.32. The van der Waals surface area contributed by atoms with Crippen LogP contribution >= 0.6 is 23.2 Å². The molecule has 0 saturated carbocycles. The molecule has 4 nitrogen and oxygen atoms in total. The zero-order chi connectivity index (χ0) is 10.7. The largest absolute Gasteiger partial charge is 0.275 e. The summed E-state index contributed by atoms with van der Waals surface area (Å²) in [5, 5.41) is 19.3. The van der Waals surface area contributed by atoms with Crippen molar-refractivity contribution in [2.24, 2.45) is 0 Å². The smallest absolute Gasteiger partial charge is 0.258 e. The third-order valence-electron chi connectivity index (χ3n) is 1.59.